The number of nitrogens with one attached hydrogen (secondary N) is 1. The van der Waals surface area contributed by atoms with Gasteiger partial charge in [0.2, 0.25) is 0 Å². The summed E-state index contributed by atoms with van der Waals surface area (Å²) in [5, 5.41) is 3.36. The number of anilines is 2. The van der Waals surface area contributed by atoms with Crippen LogP contribution in [0, 0.1) is 13.8 Å². The number of aryl methyl sites for hydroxylation is 2. The molecule has 0 heterocycles. The van der Waals surface area contributed by atoms with Crippen LogP contribution in [-0.4, -0.2) is 28.0 Å². The largest absolute Gasteiger partial charge is 0.495 e. The SMILES string of the molecule is COc1ccc(C)cc1NC(=O)COc1ccc(N(Cc2ccc(Cl)cc2)S(=O)(=O)c2ccc(C)cc2)cc1. The molecule has 7 nitrogen and oxygen atoms in total. The third-order valence-electron chi connectivity index (χ3n) is 5.97. The quantitative estimate of drug-likeness (QED) is 0.242. The first-order valence-electron chi connectivity index (χ1n) is 12.2. The van der Waals surface area contributed by atoms with E-state index in [4.69, 9.17) is 21.1 Å². The van der Waals surface area contributed by atoms with Gasteiger partial charge in [-0.2, -0.15) is 0 Å². The molecule has 4 aromatic rings. The predicted molar refractivity (Wildman–Crippen MR) is 154 cm³/mol. The van der Waals surface area contributed by atoms with E-state index < -0.39 is 10.0 Å². The molecular formula is C30H29ClN2O5S. The van der Waals surface area contributed by atoms with Crippen LogP contribution in [0.5, 0.6) is 11.5 Å². The Labute approximate surface area is 234 Å². The number of rotatable bonds is 10. The van der Waals surface area contributed by atoms with E-state index >= 15 is 0 Å². The molecule has 1 N–H and O–H groups in total. The number of halogens is 1. The summed E-state index contributed by atoms with van der Waals surface area (Å²) in [5.41, 5.74) is 3.72. The Morgan fingerprint density at radius 2 is 1.51 bits per heavy atom. The Morgan fingerprint density at radius 1 is 0.872 bits per heavy atom. The lowest BCUT2D eigenvalue weighted by molar-refractivity contribution is -0.118. The predicted octanol–water partition coefficient (Wildman–Crippen LogP) is 6.38. The van der Waals surface area contributed by atoms with E-state index in [1.54, 1.807) is 78.9 Å². The summed E-state index contributed by atoms with van der Waals surface area (Å²) in [6, 6.07) is 25.8. The Balaban J connectivity index is 1.52. The van der Waals surface area contributed by atoms with Gasteiger partial charge in [-0.05, 0) is 85.6 Å². The third kappa shape index (κ3) is 7.10. The maximum absolute atomic E-state index is 13.7. The van der Waals surface area contributed by atoms with Crippen LogP contribution in [0.2, 0.25) is 5.02 Å². The maximum Gasteiger partial charge on any atom is 0.264 e. The number of sulfonamides is 1. The molecule has 0 fully saturated rings. The van der Waals surface area contributed by atoms with Gasteiger partial charge in [-0.3, -0.25) is 9.10 Å². The van der Waals surface area contributed by atoms with Crippen LogP contribution in [-0.2, 0) is 21.4 Å². The highest BCUT2D eigenvalue weighted by molar-refractivity contribution is 7.92. The van der Waals surface area contributed by atoms with Crippen molar-refractivity contribution < 1.29 is 22.7 Å². The lowest BCUT2D eigenvalue weighted by Crippen LogP contribution is -2.30. The van der Waals surface area contributed by atoms with E-state index in [1.807, 2.05) is 26.0 Å². The molecule has 4 rings (SSSR count). The highest BCUT2D eigenvalue weighted by Gasteiger charge is 2.25. The van der Waals surface area contributed by atoms with Crippen molar-refractivity contribution in [3.63, 3.8) is 0 Å². The second-order valence-electron chi connectivity index (χ2n) is 8.99. The van der Waals surface area contributed by atoms with Gasteiger partial charge in [0, 0.05) is 5.02 Å². The molecule has 0 unspecified atom stereocenters. The highest BCUT2D eigenvalue weighted by atomic mass is 35.5. The molecule has 0 atom stereocenters. The fourth-order valence-corrected chi connectivity index (χ4v) is 5.45. The average molecular weight is 565 g/mol. The lowest BCUT2D eigenvalue weighted by atomic mass is 10.2. The monoisotopic (exact) mass is 564 g/mol. The van der Waals surface area contributed by atoms with E-state index in [1.165, 1.54) is 11.4 Å². The first kappa shape index (κ1) is 28.0. The second kappa shape index (κ2) is 12.2. The van der Waals surface area contributed by atoms with Crippen molar-refractivity contribution in [1.82, 2.24) is 0 Å². The van der Waals surface area contributed by atoms with E-state index in [-0.39, 0.29) is 24.0 Å². The van der Waals surface area contributed by atoms with Crippen LogP contribution in [0.1, 0.15) is 16.7 Å². The molecule has 0 aliphatic rings. The number of nitrogens with zero attached hydrogens (tertiary/aromatic N) is 1. The number of hydrogen-bond acceptors (Lipinski definition) is 5. The van der Waals surface area contributed by atoms with Gasteiger partial charge >= 0.3 is 0 Å². The number of benzene rings is 4. The Hall–Kier alpha value is -4.01. The van der Waals surface area contributed by atoms with E-state index in [9.17, 15) is 13.2 Å². The van der Waals surface area contributed by atoms with Crippen LogP contribution in [0.4, 0.5) is 11.4 Å². The zero-order valence-corrected chi connectivity index (χ0v) is 23.4. The second-order valence-corrected chi connectivity index (χ2v) is 11.3. The van der Waals surface area contributed by atoms with Gasteiger partial charge in [-0.25, -0.2) is 8.42 Å². The molecule has 4 aromatic carbocycles. The van der Waals surface area contributed by atoms with Crippen LogP contribution in [0.3, 0.4) is 0 Å². The number of carbonyl (C=O) groups excluding carboxylic acids is 1. The summed E-state index contributed by atoms with van der Waals surface area (Å²) < 4.78 is 39.6. The van der Waals surface area contributed by atoms with Gasteiger partial charge in [0.05, 0.1) is 29.9 Å². The molecule has 0 aliphatic heterocycles. The van der Waals surface area contributed by atoms with Gasteiger partial charge in [0.15, 0.2) is 6.61 Å². The van der Waals surface area contributed by atoms with Crippen molar-refractivity contribution in [2.24, 2.45) is 0 Å². The summed E-state index contributed by atoms with van der Waals surface area (Å²) in [7, 11) is -2.34. The third-order valence-corrected chi connectivity index (χ3v) is 8.01. The van der Waals surface area contributed by atoms with Crippen molar-refractivity contribution in [2.45, 2.75) is 25.3 Å². The molecule has 202 valence electrons. The normalized spacial score (nSPS) is 11.1. The van der Waals surface area contributed by atoms with Crippen molar-refractivity contribution in [1.29, 1.82) is 0 Å². The summed E-state index contributed by atoms with van der Waals surface area (Å²) in [6.07, 6.45) is 0. The summed E-state index contributed by atoms with van der Waals surface area (Å²) >= 11 is 6.02. The van der Waals surface area contributed by atoms with Crippen molar-refractivity contribution in [2.75, 3.05) is 23.3 Å². The van der Waals surface area contributed by atoms with Crippen LogP contribution in [0.15, 0.2) is 95.9 Å². The van der Waals surface area contributed by atoms with Gasteiger partial charge in [-0.1, -0.05) is 47.5 Å². The van der Waals surface area contributed by atoms with Crippen molar-refractivity contribution in [3.8, 4) is 11.5 Å². The molecule has 0 saturated heterocycles. The lowest BCUT2D eigenvalue weighted by Gasteiger charge is -2.25. The topological polar surface area (TPSA) is 84.9 Å². The first-order chi connectivity index (χ1) is 18.7. The number of amides is 1. The zero-order valence-electron chi connectivity index (χ0n) is 21.8. The smallest absolute Gasteiger partial charge is 0.264 e. The molecule has 0 aliphatic carbocycles. The Morgan fingerprint density at radius 3 is 2.15 bits per heavy atom. The molecule has 1 amide bonds. The Bertz CT molecular complexity index is 1540. The van der Waals surface area contributed by atoms with Gasteiger partial charge in [0.25, 0.3) is 15.9 Å². The van der Waals surface area contributed by atoms with Crippen LogP contribution in [0.25, 0.3) is 0 Å². The van der Waals surface area contributed by atoms with E-state index in [0.29, 0.717) is 27.9 Å². The Kier molecular flexibility index (Phi) is 8.79. The van der Waals surface area contributed by atoms with Gasteiger partial charge < -0.3 is 14.8 Å². The summed E-state index contributed by atoms with van der Waals surface area (Å²) in [6.45, 7) is 3.70. The molecule has 0 saturated carbocycles. The van der Waals surface area contributed by atoms with Gasteiger partial charge in [-0.15, -0.1) is 0 Å². The number of carbonyl (C=O) groups is 1. The summed E-state index contributed by atoms with van der Waals surface area (Å²) in [4.78, 5) is 12.7. The minimum absolute atomic E-state index is 0.105. The summed E-state index contributed by atoms with van der Waals surface area (Å²) in [5.74, 6) is 0.618. The van der Waals surface area contributed by atoms with E-state index in [0.717, 1.165) is 16.7 Å². The number of methoxy groups -OCH3 is 1. The minimum atomic E-state index is -3.88. The van der Waals surface area contributed by atoms with Crippen molar-refractivity contribution in [3.05, 3.63) is 113 Å². The zero-order chi connectivity index (χ0) is 28.0. The standard InChI is InChI=1S/C30H29ClN2O5S/c1-21-4-15-27(16-5-21)39(35,36)33(19-23-7-9-24(31)10-8-23)25-11-13-26(14-12-25)38-20-30(34)32-28-18-22(2)6-17-29(28)37-3/h4-18H,19-20H2,1-3H3,(H,32,34). The van der Waals surface area contributed by atoms with Crippen molar-refractivity contribution >= 4 is 38.9 Å². The van der Waals surface area contributed by atoms with Crippen LogP contribution >= 0.6 is 11.6 Å². The van der Waals surface area contributed by atoms with Gasteiger partial charge in [0.1, 0.15) is 11.5 Å². The number of ether oxygens (including phenoxy) is 2. The molecular weight excluding hydrogens is 536 g/mol. The molecule has 0 aromatic heterocycles. The highest BCUT2D eigenvalue weighted by Crippen LogP contribution is 2.29. The molecule has 39 heavy (non-hydrogen) atoms. The maximum atomic E-state index is 13.7. The molecule has 9 heteroatoms. The fourth-order valence-electron chi connectivity index (χ4n) is 3.87. The number of hydrogen-bond donors (Lipinski definition) is 1. The molecule has 0 radical (unpaired) electrons. The average Bonchev–Trinajstić information content (AvgIpc) is 2.92. The first-order valence-corrected chi connectivity index (χ1v) is 14.0. The molecule has 0 spiro atoms. The molecule has 0 bridgehead atoms. The van der Waals surface area contributed by atoms with E-state index in [2.05, 4.69) is 5.32 Å². The minimum Gasteiger partial charge on any atom is -0.495 e. The van der Waals surface area contributed by atoms with Crippen LogP contribution < -0.4 is 19.1 Å². The fraction of sp³-hybridized carbons (Fsp3) is 0.167.